The molecule has 1 aliphatic heterocycles. The highest BCUT2D eigenvalue weighted by atomic mass is 35.5. The molecule has 1 N–H and O–H groups in total. The first-order valence-corrected chi connectivity index (χ1v) is 9.47. The van der Waals surface area contributed by atoms with Gasteiger partial charge in [-0.05, 0) is 60.7 Å². The number of nitrogens with zero attached hydrogens (tertiary/aromatic N) is 1. The van der Waals surface area contributed by atoms with Crippen molar-refractivity contribution in [1.82, 2.24) is 10.2 Å². The first-order valence-electron chi connectivity index (χ1n) is 9.09. The minimum Gasteiger partial charge on any atom is -0.484 e. The predicted octanol–water partition coefficient (Wildman–Crippen LogP) is 3.91. The number of nitrogens with one attached hydrogen (secondary N) is 1. The summed E-state index contributed by atoms with van der Waals surface area (Å²) in [4.78, 5) is 2.58. The Labute approximate surface area is 154 Å². The summed E-state index contributed by atoms with van der Waals surface area (Å²) >= 11 is 6.38. The van der Waals surface area contributed by atoms with Crippen molar-refractivity contribution < 1.29 is 4.74 Å². The normalized spacial score (nSPS) is 23.5. The van der Waals surface area contributed by atoms with Crippen LogP contribution in [0.3, 0.4) is 0 Å². The van der Waals surface area contributed by atoms with E-state index in [1.807, 2.05) is 6.07 Å². The van der Waals surface area contributed by atoms with Gasteiger partial charge in [-0.2, -0.15) is 0 Å². The maximum absolute atomic E-state index is 6.59. The fourth-order valence-corrected chi connectivity index (χ4v) is 4.44. The Morgan fingerprint density at radius 1 is 1.08 bits per heavy atom. The van der Waals surface area contributed by atoms with E-state index in [9.17, 15) is 0 Å². The van der Waals surface area contributed by atoms with Crippen LogP contribution in [-0.4, -0.2) is 37.1 Å². The lowest BCUT2D eigenvalue weighted by Crippen LogP contribution is -2.50. The Bertz CT molecular complexity index is 770. The molecule has 132 valence electrons. The minimum absolute atomic E-state index is 0.0339. The van der Waals surface area contributed by atoms with Gasteiger partial charge in [-0.3, -0.25) is 4.90 Å². The third-order valence-electron chi connectivity index (χ3n) is 5.51. The van der Waals surface area contributed by atoms with E-state index in [1.165, 1.54) is 22.3 Å². The highest BCUT2D eigenvalue weighted by Crippen LogP contribution is 2.41. The molecule has 2 aliphatic rings. The zero-order valence-corrected chi connectivity index (χ0v) is 15.6. The topological polar surface area (TPSA) is 24.5 Å². The monoisotopic (exact) mass is 356 g/mol. The van der Waals surface area contributed by atoms with Crippen LogP contribution in [0.2, 0.25) is 5.02 Å². The lowest BCUT2D eigenvalue weighted by Gasteiger charge is -2.36. The summed E-state index contributed by atoms with van der Waals surface area (Å²) in [6, 6.07) is 12.8. The molecule has 2 atom stereocenters. The molecule has 0 bridgehead atoms. The molecule has 1 heterocycles. The first kappa shape index (κ1) is 16.9. The maximum Gasteiger partial charge on any atom is 0.140 e. The second-order valence-electron chi connectivity index (χ2n) is 7.15. The Kier molecular flexibility index (Phi) is 4.72. The molecule has 0 amide bonds. The van der Waals surface area contributed by atoms with Gasteiger partial charge in [-0.15, -0.1) is 0 Å². The van der Waals surface area contributed by atoms with E-state index in [-0.39, 0.29) is 6.10 Å². The molecule has 4 heteroatoms. The lowest BCUT2D eigenvalue weighted by molar-refractivity contribution is 0.0689. The van der Waals surface area contributed by atoms with Gasteiger partial charge >= 0.3 is 0 Å². The number of halogens is 1. The summed E-state index contributed by atoms with van der Waals surface area (Å²) in [5, 5.41) is 4.25. The Balaban J connectivity index is 1.72. The van der Waals surface area contributed by atoms with Gasteiger partial charge in [0, 0.05) is 31.2 Å². The Hall–Kier alpha value is -1.55. The van der Waals surface area contributed by atoms with Crippen molar-refractivity contribution in [3.05, 3.63) is 63.7 Å². The van der Waals surface area contributed by atoms with Crippen LogP contribution >= 0.6 is 11.6 Å². The van der Waals surface area contributed by atoms with Crippen LogP contribution in [0.25, 0.3) is 0 Å². The van der Waals surface area contributed by atoms with Crippen molar-refractivity contribution in [2.45, 2.75) is 32.4 Å². The smallest absolute Gasteiger partial charge is 0.140 e. The van der Waals surface area contributed by atoms with Crippen LogP contribution in [0.4, 0.5) is 0 Å². The average Bonchev–Trinajstić information content (AvgIpc) is 2.97. The molecule has 4 rings (SSSR count). The average molecular weight is 357 g/mol. The molecule has 2 aromatic rings. The first-order chi connectivity index (χ1) is 12.1. The fourth-order valence-electron chi connectivity index (χ4n) is 4.16. The molecular formula is C21H25ClN2O. The molecule has 25 heavy (non-hydrogen) atoms. The molecular weight excluding hydrogens is 332 g/mol. The number of benzene rings is 2. The van der Waals surface area contributed by atoms with Gasteiger partial charge in [0.25, 0.3) is 0 Å². The minimum atomic E-state index is 0.0339. The van der Waals surface area contributed by atoms with Gasteiger partial charge in [0.15, 0.2) is 0 Å². The van der Waals surface area contributed by atoms with Gasteiger partial charge in [0.05, 0.1) is 6.04 Å². The van der Waals surface area contributed by atoms with Gasteiger partial charge in [-0.1, -0.05) is 29.8 Å². The van der Waals surface area contributed by atoms with Gasteiger partial charge < -0.3 is 10.1 Å². The fraction of sp³-hybridized carbons (Fsp3) is 0.429. The maximum atomic E-state index is 6.59. The van der Waals surface area contributed by atoms with E-state index in [1.54, 1.807) is 0 Å². The molecule has 3 nitrogen and oxygen atoms in total. The van der Waals surface area contributed by atoms with Gasteiger partial charge in [-0.25, -0.2) is 0 Å². The van der Waals surface area contributed by atoms with Crippen molar-refractivity contribution in [1.29, 1.82) is 0 Å². The Morgan fingerprint density at radius 3 is 2.60 bits per heavy atom. The van der Waals surface area contributed by atoms with Crippen LogP contribution in [-0.2, 0) is 6.42 Å². The number of hydrogen-bond donors (Lipinski definition) is 1. The van der Waals surface area contributed by atoms with E-state index >= 15 is 0 Å². The summed E-state index contributed by atoms with van der Waals surface area (Å²) in [7, 11) is 0. The number of hydrogen-bond acceptors (Lipinski definition) is 3. The van der Waals surface area contributed by atoms with E-state index in [0.717, 1.165) is 43.4 Å². The molecule has 0 spiro atoms. The molecule has 0 aromatic heterocycles. The van der Waals surface area contributed by atoms with Crippen molar-refractivity contribution in [3.8, 4) is 5.75 Å². The highest BCUT2D eigenvalue weighted by Gasteiger charge is 2.39. The zero-order chi connectivity index (χ0) is 17.4. The molecule has 1 saturated heterocycles. The number of piperazine rings is 1. The number of fused-ring (bicyclic) bond motifs is 1. The second-order valence-corrected chi connectivity index (χ2v) is 7.59. The second kappa shape index (κ2) is 6.99. The summed E-state index contributed by atoms with van der Waals surface area (Å²) < 4.78 is 6.59. The summed E-state index contributed by atoms with van der Waals surface area (Å²) in [6.45, 7) is 8.50. The lowest BCUT2D eigenvalue weighted by atomic mass is 10.0. The third-order valence-corrected chi connectivity index (χ3v) is 5.73. The molecule has 0 radical (unpaired) electrons. The summed E-state index contributed by atoms with van der Waals surface area (Å²) in [5.74, 6) is 0.970. The quantitative estimate of drug-likeness (QED) is 0.902. The van der Waals surface area contributed by atoms with Gasteiger partial charge in [0.2, 0.25) is 0 Å². The summed E-state index contributed by atoms with van der Waals surface area (Å²) in [6.07, 6.45) is 1.07. The van der Waals surface area contributed by atoms with Crippen LogP contribution in [0.5, 0.6) is 5.75 Å². The van der Waals surface area contributed by atoms with Crippen LogP contribution < -0.4 is 10.1 Å². The van der Waals surface area contributed by atoms with Crippen LogP contribution in [0, 0.1) is 13.8 Å². The molecule has 1 aliphatic carbocycles. The molecule has 2 aromatic carbocycles. The van der Waals surface area contributed by atoms with Crippen molar-refractivity contribution in [2.75, 3.05) is 26.2 Å². The molecule has 0 unspecified atom stereocenters. The van der Waals surface area contributed by atoms with Gasteiger partial charge in [0.1, 0.15) is 11.9 Å². The van der Waals surface area contributed by atoms with Crippen LogP contribution in [0.1, 0.15) is 28.4 Å². The van der Waals surface area contributed by atoms with E-state index in [0.29, 0.717) is 6.04 Å². The van der Waals surface area contributed by atoms with E-state index in [4.69, 9.17) is 16.3 Å². The van der Waals surface area contributed by atoms with Crippen LogP contribution in [0.15, 0.2) is 36.4 Å². The van der Waals surface area contributed by atoms with E-state index < -0.39 is 0 Å². The largest absolute Gasteiger partial charge is 0.484 e. The SMILES string of the molecule is Cc1ccccc1O[C@H]1c2cc(Cl)cc(C)c2C[C@@H]1N1CCNCC1. The third kappa shape index (κ3) is 3.29. The standard InChI is InChI=1S/C21H25ClN2O/c1-14-5-3-4-6-20(14)25-21-18-12-16(22)11-15(2)17(18)13-19(21)24-9-7-23-8-10-24/h3-6,11-12,19,21,23H,7-10,13H2,1-2H3/t19-,21-/m0/s1. The van der Waals surface area contributed by atoms with E-state index in [2.05, 4.69) is 54.4 Å². The van der Waals surface area contributed by atoms with Crippen molar-refractivity contribution >= 4 is 11.6 Å². The van der Waals surface area contributed by atoms with Crippen molar-refractivity contribution in [2.24, 2.45) is 0 Å². The molecule has 1 fully saturated rings. The highest BCUT2D eigenvalue weighted by molar-refractivity contribution is 6.30. The summed E-state index contributed by atoms with van der Waals surface area (Å²) in [5.41, 5.74) is 5.12. The number of para-hydroxylation sites is 1. The predicted molar refractivity (Wildman–Crippen MR) is 103 cm³/mol. The molecule has 0 saturated carbocycles. The number of rotatable bonds is 3. The zero-order valence-electron chi connectivity index (χ0n) is 14.9. The number of aryl methyl sites for hydroxylation is 2. The van der Waals surface area contributed by atoms with Crippen molar-refractivity contribution in [3.63, 3.8) is 0 Å². The Morgan fingerprint density at radius 2 is 1.84 bits per heavy atom. The number of ether oxygens (including phenoxy) is 1.